The first kappa shape index (κ1) is 59.8. The summed E-state index contributed by atoms with van der Waals surface area (Å²) in [4.78, 5) is 58.8. The molecule has 10 rings (SSSR count). The molecule has 0 unspecified atom stereocenters. The number of aromatic nitrogens is 4. The lowest BCUT2D eigenvalue weighted by atomic mass is 9.60. The predicted octanol–water partition coefficient (Wildman–Crippen LogP) is 11.4. The molecule has 4 heterocycles. The van der Waals surface area contributed by atoms with Gasteiger partial charge in [0.05, 0.1) is 21.2 Å². The van der Waals surface area contributed by atoms with Gasteiger partial charge in [-0.2, -0.15) is 9.97 Å². The monoisotopic (exact) mass is 1150 g/mol. The molecular formula is C58H78N14O7P2. The van der Waals surface area contributed by atoms with Crippen LogP contribution in [0.3, 0.4) is 0 Å². The lowest BCUT2D eigenvalue weighted by Gasteiger charge is -2.54. The first-order chi connectivity index (χ1) is 39.0. The molecule has 0 atom stereocenters. The Morgan fingerprint density at radius 2 is 1.01 bits per heavy atom. The molecule has 4 aliphatic rings. The Hall–Kier alpha value is -7.31. The van der Waals surface area contributed by atoms with E-state index in [1.54, 1.807) is 76.3 Å². The van der Waals surface area contributed by atoms with Gasteiger partial charge in [-0.3, -0.25) is 25.0 Å². The molecule has 2 spiro atoms. The van der Waals surface area contributed by atoms with Crippen molar-refractivity contribution in [3.63, 3.8) is 0 Å². The molecule has 432 valence electrons. The first-order valence-electron chi connectivity index (χ1n) is 27.8. The molecule has 81 heavy (non-hydrogen) atoms. The maximum Gasteiger partial charge on any atom is 0.294 e. The van der Waals surface area contributed by atoms with Crippen LogP contribution in [0.1, 0.15) is 66.6 Å². The minimum Gasteiger partial charge on any atom is -0.366 e. The number of benzene rings is 4. The summed E-state index contributed by atoms with van der Waals surface area (Å²) in [7, 11) is 3.03. The van der Waals surface area contributed by atoms with Crippen molar-refractivity contribution in [2.75, 3.05) is 112 Å². The van der Waals surface area contributed by atoms with Crippen molar-refractivity contribution < 1.29 is 25.1 Å². The second-order valence-electron chi connectivity index (χ2n) is 22.1. The number of Topliss-reactive ketones (excluding diaryl/α,β-unsaturated/α-hetero) is 1. The van der Waals surface area contributed by atoms with Crippen LogP contribution in [0.25, 0.3) is 0 Å². The van der Waals surface area contributed by atoms with Gasteiger partial charge in [-0.05, 0) is 165 Å². The average Bonchev–Trinajstić information content (AvgIpc) is 3.43. The summed E-state index contributed by atoms with van der Waals surface area (Å²) in [6.45, 7) is 12.2. The van der Waals surface area contributed by atoms with Crippen molar-refractivity contribution in [3.8, 4) is 0 Å². The van der Waals surface area contributed by atoms with E-state index in [0.717, 1.165) is 55.1 Å². The van der Waals surface area contributed by atoms with Crippen molar-refractivity contribution in [3.05, 3.63) is 130 Å². The fraction of sp³-hybridized carbons (Fsp3) is 0.431. The van der Waals surface area contributed by atoms with E-state index < -0.39 is 14.3 Å². The first-order valence-corrected chi connectivity index (χ1v) is 32.3. The Morgan fingerprint density at radius 1 is 0.630 bits per heavy atom. The van der Waals surface area contributed by atoms with E-state index in [0.29, 0.717) is 96.1 Å². The zero-order valence-electron chi connectivity index (χ0n) is 48.9. The number of nitrogens with zero attached hydrogens (tertiary/aromatic N) is 9. The predicted molar refractivity (Wildman–Crippen MR) is 329 cm³/mol. The van der Waals surface area contributed by atoms with Crippen molar-refractivity contribution in [2.24, 2.45) is 10.8 Å². The number of nitrogens with one attached hydrogen (secondary N) is 5. The van der Waals surface area contributed by atoms with Gasteiger partial charge in [-0.1, -0.05) is 38.1 Å². The largest absolute Gasteiger partial charge is 0.366 e. The van der Waals surface area contributed by atoms with Crippen molar-refractivity contribution in [1.82, 2.24) is 30.2 Å². The van der Waals surface area contributed by atoms with Crippen LogP contribution in [0, 0.1) is 31.1 Å². The summed E-state index contributed by atoms with van der Waals surface area (Å²) in [5, 5.41) is 40.8. The Labute approximate surface area is 477 Å². The van der Waals surface area contributed by atoms with Crippen molar-refractivity contribution in [1.29, 1.82) is 0 Å². The van der Waals surface area contributed by atoms with Crippen LogP contribution >= 0.6 is 14.3 Å². The summed E-state index contributed by atoms with van der Waals surface area (Å²) in [6.07, 6.45) is 10.8. The van der Waals surface area contributed by atoms with E-state index in [-0.39, 0.29) is 32.6 Å². The SMILES string of the molecule is CN(C)C1CC2(CCN(c3ccc(Nc4nccc(Nc5ccccc5P(C)(C)=O)n4)cc3[N+](=O)[O-])CC2)C1.CNC.CP(C)(=O)c1ccccc1Nc1ccnc(Nc2ccc(N3CCC4(CC3)CC(=O)C4)c([N+](=O)[O-])c2)n1.[2H]CC. The molecule has 2 saturated heterocycles. The second-order valence-corrected chi connectivity index (χ2v) is 28.4. The highest BCUT2D eigenvalue weighted by Crippen LogP contribution is 2.52. The second kappa shape index (κ2) is 26.5. The smallest absolute Gasteiger partial charge is 0.294 e. The van der Waals surface area contributed by atoms with Crippen molar-refractivity contribution >= 4 is 99.7 Å². The van der Waals surface area contributed by atoms with Crippen LogP contribution in [0.4, 0.5) is 69.0 Å². The van der Waals surface area contributed by atoms with Crippen LogP contribution in [-0.2, 0) is 13.9 Å². The number of carbonyl (C=O) groups excluding carboxylic acids is 1. The van der Waals surface area contributed by atoms with Crippen LogP contribution < -0.4 is 47.0 Å². The molecular weight excluding hydrogens is 1070 g/mol. The molecule has 4 fully saturated rings. The number of hydrogen-bond acceptors (Lipinski definition) is 19. The number of anilines is 10. The highest BCUT2D eigenvalue weighted by molar-refractivity contribution is 7.70. The fourth-order valence-electron chi connectivity index (χ4n) is 10.9. The Balaban J connectivity index is 0.000000216. The number of nitro groups is 2. The molecule has 6 aromatic rings. The van der Waals surface area contributed by atoms with Gasteiger partial charge in [0.2, 0.25) is 11.9 Å². The van der Waals surface area contributed by atoms with E-state index in [1.165, 1.54) is 18.9 Å². The molecule has 0 amide bonds. The van der Waals surface area contributed by atoms with E-state index in [2.05, 4.69) is 70.4 Å². The zero-order valence-corrected chi connectivity index (χ0v) is 49.7. The third kappa shape index (κ3) is 15.6. The maximum atomic E-state index is 12.7. The van der Waals surface area contributed by atoms with Gasteiger partial charge in [0.25, 0.3) is 11.4 Å². The van der Waals surface area contributed by atoms with E-state index in [1.807, 2.05) is 79.7 Å². The molecule has 5 N–H and O–H groups in total. The topological polar surface area (TPSA) is 259 Å². The molecule has 21 nitrogen and oxygen atoms in total. The van der Waals surface area contributed by atoms with Gasteiger partial charge in [0.15, 0.2) is 0 Å². The fourth-order valence-corrected chi connectivity index (χ4v) is 13.2. The number of ketones is 1. The molecule has 2 aliphatic heterocycles. The van der Waals surface area contributed by atoms with E-state index >= 15 is 0 Å². The lowest BCUT2D eigenvalue weighted by molar-refractivity contribution is -0.384. The summed E-state index contributed by atoms with van der Waals surface area (Å²) in [5.74, 6) is 1.91. The normalized spacial score (nSPS) is 16.4. The quantitative estimate of drug-likeness (QED) is 0.0364. The maximum absolute atomic E-state index is 12.7. The highest BCUT2D eigenvalue weighted by atomic mass is 31.2. The third-order valence-corrected chi connectivity index (χ3v) is 18.3. The van der Waals surface area contributed by atoms with Gasteiger partial charge < -0.3 is 50.4 Å². The molecule has 23 heteroatoms. The van der Waals surface area contributed by atoms with Gasteiger partial charge >= 0.3 is 0 Å². The van der Waals surface area contributed by atoms with E-state index in [9.17, 15) is 34.2 Å². The lowest BCUT2D eigenvalue weighted by Crippen LogP contribution is -2.53. The number of hydrogen-bond donors (Lipinski definition) is 5. The summed E-state index contributed by atoms with van der Waals surface area (Å²) >= 11 is 0. The molecule has 4 aromatic carbocycles. The number of piperidine rings is 2. The standard InChI is InChI=1S/C28H36N7O3P.C26H29N6O4P.C2H7N.C2H6/c1-33(2)21-18-28(19-21)12-15-34(16-13-28)23-10-9-20(17-24(23)35(36)37)30-27-29-14-11-26(32-27)31-22-7-5-6-8-25(22)39(3,4)38;1-37(2,36)23-6-4-3-5-20(23)29-24-9-12-27-25(30-24)28-18-7-8-21(22(15-18)32(34)35)31-13-10-26(11-14-31)16-19(33)17-26;1-3-2;1-2/h5-11,14,17,21H,12-13,15-16,18-19H2,1-4H3,(H2,29,30,31,32);3-9,12,15H,10-11,13-14,16-17H2,1-2H3,(H2,27,28,29,30);3H,1-2H3;1-2H3/i;;;1D. The Morgan fingerprint density at radius 3 is 1.37 bits per heavy atom. The Bertz CT molecular complexity index is 3290. The minimum atomic E-state index is -2.50. The molecule has 0 bridgehead atoms. The third-order valence-electron chi connectivity index (χ3n) is 15.2. The molecule has 2 aromatic heterocycles. The molecule has 2 saturated carbocycles. The summed E-state index contributed by atoms with van der Waals surface area (Å²) < 4.78 is 31.6. The summed E-state index contributed by atoms with van der Waals surface area (Å²) in [5.41, 5.74) is 4.26. The summed E-state index contributed by atoms with van der Waals surface area (Å²) in [6, 6.07) is 29.1. The van der Waals surface area contributed by atoms with Gasteiger partial charge in [0, 0.05) is 92.9 Å². The average molecular weight is 1150 g/mol. The number of carbonyl (C=O) groups is 1. The minimum absolute atomic E-state index is 0.00971. The van der Waals surface area contributed by atoms with Crippen LogP contribution in [0.5, 0.6) is 0 Å². The Kier molecular flexibility index (Phi) is 19.6. The van der Waals surface area contributed by atoms with Crippen LogP contribution in [0.15, 0.2) is 109 Å². The van der Waals surface area contributed by atoms with Crippen LogP contribution in [-0.4, -0.2) is 128 Å². The van der Waals surface area contributed by atoms with Gasteiger partial charge in [-0.15, -0.1) is 0 Å². The highest BCUT2D eigenvalue weighted by Gasteiger charge is 2.47. The van der Waals surface area contributed by atoms with E-state index in [4.69, 9.17) is 1.37 Å². The number of para-hydroxylation sites is 2. The van der Waals surface area contributed by atoms with Crippen molar-refractivity contribution in [2.45, 2.75) is 71.2 Å². The zero-order chi connectivity index (χ0) is 59.4. The molecule has 0 radical (unpaired) electrons. The number of rotatable bonds is 15. The number of nitro benzene ring substituents is 2. The molecule has 2 aliphatic carbocycles. The van der Waals surface area contributed by atoms with Gasteiger partial charge in [0.1, 0.15) is 43.1 Å². The van der Waals surface area contributed by atoms with Gasteiger partial charge in [-0.25, -0.2) is 9.97 Å². The van der Waals surface area contributed by atoms with Crippen LogP contribution in [0.2, 0.25) is 0 Å².